The average molecular weight is 236 g/mol. The molecule has 0 aliphatic heterocycles. The zero-order valence-corrected chi connectivity index (χ0v) is 9.25. The lowest BCUT2D eigenvalue weighted by atomic mass is 10.4. The molecular formula is C9H12N6O2. The molecule has 2 aromatic heterocycles. The van der Waals surface area contributed by atoms with Crippen LogP contribution >= 0.6 is 0 Å². The predicted octanol–water partition coefficient (Wildman–Crippen LogP) is 0.200. The van der Waals surface area contributed by atoms with Gasteiger partial charge in [-0.1, -0.05) is 5.16 Å². The minimum Gasteiger partial charge on any atom is -0.384 e. The number of nitrogens with one attached hydrogen (secondary N) is 1. The van der Waals surface area contributed by atoms with E-state index in [1.807, 2.05) is 0 Å². The Hall–Kier alpha value is -2.22. The fraction of sp³-hybridized carbons (Fsp3) is 0.333. The van der Waals surface area contributed by atoms with Crippen molar-refractivity contribution < 1.29 is 9.26 Å². The highest BCUT2D eigenvalue weighted by Gasteiger charge is 2.04. The Kier molecular flexibility index (Phi) is 3.46. The summed E-state index contributed by atoms with van der Waals surface area (Å²) >= 11 is 0. The third-order valence-corrected chi connectivity index (χ3v) is 1.90. The molecule has 0 amide bonds. The minimum absolute atomic E-state index is 0.307. The van der Waals surface area contributed by atoms with Crippen LogP contribution in [0, 0.1) is 0 Å². The summed E-state index contributed by atoms with van der Waals surface area (Å²) in [5.74, 6) is 2.02. The molecular weight excluding hydrogens is 224 g/mol. The second kappa shape index (κ2) is 5.21. The maximum absolute atomic E-state index is 5.64. The molecule has 90 valence electrons. The van der Waals surface area contributed by atoms with E-state index in [0.717, 1.165) is 0 Å². The molecule has 17 heavy (non-hydrogen) atoms. The quantitative estimate of drug-likeness (QED) is 0.757. The number of hydrogen-bond donors (Lipinski definition) is 2. The van der Waals surface area contributed by atoms with Gasteiger partial charge in [0.25, 0.3) is 0 Å². The van der Waals surface area contributed by atoms with Gasteiger partial charge in [-0.25, -0.2) is 9.97 Å². The van der Waals surface area contributed by atoms with Gasteiger partial charge in [-0.3, -0.25) is 0 Å². The maximum atomic E-state index is 5.64. The number of aromatic nitrogens is 4. The number of rotatable bonds is 5. The maximum Gasteiger partial charge on any atom is 0.213 e. The van der Waals surface area contributed by atoms with Crippen LogP contribution in [-0.4, -0.2) is 27.2 Å². The van der Waals surface area contributed by atoms with E-state index < -0.39 is 0 Å². The Labute approximate surface area is 97.2 Å². The second-order valence-corrected chi connectivity index (χ2v) is 3.23. The summed E-state index contributed by atoms with van der Waals surface area (Å²) in [4.78, 5) is 12.1. The van der Waals surface area contributed by atoms with Gasteiger partial charge in [0.15, 0.2) is 11.6 Å². The van der Waals surface area contributed by atoms with Crippen LogP contribution < -0.4 is 11.1 Å². The number of methoxy groups -OCH3 is 1. The normalized spacial score (nSPS) is 10.4. The molecule has 0 unspecified atom stereocenters. The van der Waals surface area contributed by atoms with Gasteiger partial charge in [0.05, 0.1) is 6.54 Å². The summed E-state index contributed by atoms with van der Waals surface area (Å²) in [5, 5.41) is 6.68. The Morgan fingerprint density at radius 3 is 3.00 bits per heavy atom. The van der Waals surface area contributed by atoms with Crippen molar-refractivity contribution in [2.45, 2.75) is 13.2 Å². The van der Waals surface area contributed by atoms with E-state index >= 15 is 0 Å². The van der Waals surface area contributed by atoms with Gasteiger partial charge in [0, 0.05) is 13.2 Å². The lowest BCUT2D eigenvalue weighted by Gasteiger charge is -2.06. The third-order valence-electron chi connectivity index (χ3n) is 1.90. The topological polar surface area (TPSA) is 112 Å². The first-order chi connectivity index (χ1) is 8.28. The van der Waals surface area contributed by atoms with Crippen LogP contribution in [0.5, 0.6) is 0 Å². The molecule has 2 heterocycles. The fourth-order valence-electron chi connectivity index (χ4n) is 1.24. The fourth-order valence-corrected chi connectivity index (χ4v) is 1.24. The Morgan fingerprint density at radius 2 is 2.29 bits per heavy atom. The SMILES string of the molecule is COCc1nc(N)cc(NCc2ncon2)n1. The van der Waals surface area contributed by atoms with E-state index in [1.54, 1.807) is 13.2 Å². The van der Waals surface area contributed by atoms with Crippen molar-refractivity contribution in [3.05, 3.63) is 24.1 Å². The van der Waals surface area contributed by atoms with Gasteiger partial charge < -0.3 is 20.3 Å². The molecule has 0 fully saturated rings. The van der Waals surface area contributed by atoms with Crippen LogP contribution in [-0.2, 0) is 17.9 Å². The molecule has 8 nitrogen and oxygen atoms in total. The van der Waals surface area contributed by atoms with Crippen LogP contribution in [0.2, 0.25) is 0 Å². The van der Waals surface area contributed by atoms with Crippen molar-refractivity contribution in [1.82, 2.24) is 20.1 Å². The molecule has 8 heteroatoms. The van der Waals surface area contributed by atoms with Gasteiger partial charge in [0.1, 0.15) is 18.2 Å². The van der Waals surface area contributed by atoms with Crippen molar-refractivity contribution in [3.8, 4) is 0 Å². The number of nitrogens with zero attached hydrogens (tertiary/aromatic N) is 4. The minimum atomic E-state index is 0.307. The summed E-state index contributed by atoms with van der Waals surface area (Å²) in [5.41, 5.74) is 5.64. The zero-order chi connectivity index (χ0) is 12.1. The number of hydrogen-bond acceptors (Lipinski definition) is 8. The van der Waals surface area contributed by atoms with E-state index in [1.165, 1.54) is 6.39 Å². The van der Waals surface area contributed by atoms with Crippen LogP contribution in [0.1, 0.15) is 11.6 Å². The zero-order valence-electron chi connectivity index (χ0n) is 9.25. The van der Waals surface area contributed by atoms with Gasteiger partial charge in [-0.15, -0.1) is 0 Å². The van der Waals surface area contributed by atoms with E-state index in [4.69, 9.17) is 10.5 Å². The van der Waals surface area contributed by atoms with Crippen LogP contribution in [0.3, 0.4) is 0 Å². The number of ether oxygens (including phenoxy) is 1. The molecule has 3 N–H and O–H groups in total. The summed E-state index contributed by atoms with van der Waals surface area (Å²) in [6.07, 6.45) is 1.27. The summed E-state index contributed by atoms with van der Waals surface area (Å²) in [6, 6.07) is 1.62. The van der Waals surface area contributed by atoms with Gasteiger partial charge >= 0.3 is 0 Å². The molecule has 0 saturated carbocycles. The van der Waals surface area contributed by atoms with E-state index in [-0.39, 0.29) is 0 Å². The van der Waals surface area contributed by atoms with Crippen LogP contribution in [0.15, 0.2) is 17.0 Å². The first-order valence-corrected chi connectivity index (χ1v) is 4.89. The van der Waals surface area contributed by atoms with Crippen molar-refractivity contribution in [3.63, 3.8) is 0 Å². The van der Waals surface area contributed by atoms with Gasteiger partial charge in [-0.2, -0.15) is 4.98 Å². The highest BCUT2D eigenvalue weighted by molar-refractivity contribution is 5.44. The predicted molar refractivity (Wildman–Crippen MR) is 58.8 cm³/mol. The molecule has 0 aliphatic rings. The molecule has 0 radical (unpaired) electrons. The second-order valence-electron chi connectivity index (χ2n) is 3.23. The van der Waals surface area contributed by atoms with Crippen molar-refractivity contribution in [2.75, 3.05) is 18.2 Å². The molecule has 0 bridgehead atoms. The first kappa shape index (κ1) is 11.3. The smallest absolute Gasteiger partial charge is 0.213 e. The third kappa shape index (κ3) is 3.11. The van der Waals surface area contributed by atoms with Crippen molar-refractivity contribution in [1.29, 1.82) is 0 Å². The van der Waals surface area contributed by atoms with E-state index in [9.17, 15) is 0 Å². The molecule has 0 aromatic carbocycles. The molecule has 0 atom stereocenters. The lowest BCUT2D eigenvalue weighted by molar-refractivity contribution is 0.178. The Morgan fingerprint density at radius 1 is 1.41 bits per heavy atom. The van der Waals surface area contributed by atoms with Crippen LogP contribution in [0.4, 0.5) is 11.6 Å². The highest BCUT2D eigenvalue weighted by atomic mass is 16.5. The Balaban J connectivity index is 2.04. The largest absolute Gasteiger partial charge is 0.384 e. The van der Waals surface area contributed by atoms with Crippen LogP contribution in [0.25, 0.3) is 0 Å². The van der Waals surface area contributed by atoms with Gasteiger partial charge in [-0.05, 0) is 0 Å². The Bertz CT molecular complexity index is 472. The molecule has 0 saturated heterocycles. The molecule has 0 spiro atoms. The monoisotopic (exact) mass is 236 g/mol. The van der Waals surface area contributed by atoms with Crippen molar-refractivity contribution >= 4 is 11.6 Å². The van der Waals surface area contributed by atoms with E-state index in [2.05, 4.69) is 29.9 Å². The highest BCUT2D eigenvalue weighted by Crippen LogP contribution is 2.09. The standard InChI is InChI=1S/C9H12N6O2/c1-16-4-9-13-6(10)2-7(14-9)11-3-8-12-5-17-15-8/h2,5H,3-4H2,1H3,(H3,10,11,13,14). The van der Waals surface area contributed by atoms with Gasteiger partial charge in [0.2, 0.25) is 6.39 Å². The summed E-state index contributed by atoms with van der Waals surface area (Å²) < 4.78 is 9.55. The molecule has 0 aliphatic carbocycles. The number of nitrogens with two attached hydrogens (primary N) is 1. The van der Waals surface area contributed by atoms with Crippen molar-refractivity contribution in [2.24, 2.45) is 0 Å². The number of anilines is 2. The summed E-state index contributed by atoms with van der Waals surface area (Å²) in [6.45, 7) is 0.710. The van der Waals surface area contributed by atoms with E-state index in [0.29, 0.717) is 36.4 Å². The summed E-state index contributed by atoms with van der Waals surface area (Å²) in [7, 11) is 1.57. The average Bonchev–Trinajstić information content (AvgIpc) is 2.79. The molecule has 2 aromatic rings. The lowest BCUT2D eigenvalue weighted by Crippen LogP contribution is -2.07. The molecule has 2 rings (SSSR count). The first-order valence-electron chi connectivity index (χ1n) is 4.89. The number of nitrogen functional groups attached to an aromatic ring is 1.